The highest BCUT2D eigenvalue weighted by atomic mass is 35.5. The number of halogens is 1. The number of Topliss-reactive ketones (excluding diaryl/α,β-unsaturated/α-hetero) is 1. The number of carbonyl (C=O) groups is 1. The SMILES string of the molecule is O=C1CCCCC1c1cn(-c2ccc3cc(Cl)ccc3c2)c2ccccc12. The lowest BCUT2D eigenvalue weighted by Gasteiger charge is -2.20. The van der Waals surface area contributed by atoms with Crippen molar-refractivity contribution in [1.29, 1.82) is 0 Å². The van der Waals surface area contributed by atoms with Gasteiger partial charge >= 0.3 is 0 Å². The second kappa shape index (κ2) is 6.54. The van der Waals surface area contributed by atoms with Gasteiger partial charge in [-0.3, -0.25) is 4.79 Å². The second-order valence-corrected chi connectivity index (χ2v) is 7.85. The van der Waals surface area contributed by atoms with Crippen molar-refractivity contribution in [2.45, 2.75) is 31.6 Å². The number of fused-ring (bicyclic) bond motifs is 2. The fourth-order valence-electron chi connectivity index (χ4n) is 4.36. The van der Waals surface area contributed by atoms with Gasteiger partial charge in [0.25, 0.3) is 0 Å². The van der Waals surface area contributed by atoms with Gasteiger partial charge in [-0.1, -0.05) is 48.4 Å². The fourth-order valence-corrected chi connectivity index (χ4v) is 4.54. The largest absolute Gasteiger partial charge is 0.316 e. The summed E-state index contributed by atoms with van der Waals surface area (Å²) in [7, 11) is 0. The summed E-state index contributed by atoms with van der Waals surface area (Å²) in [6.45, 7) is 0. The van der Waals surface area contributed by atoms with E-state index in [1.165, 1.54) is 10.9 Å². The lowest BCUT2D eigenvalue weighted by atomic mass is 9.83. The Morgan fingerprint density at radius 3 is 2.63 bits per heavy atom. The molecular formula is C24H20ClNO. The molecule has 1 atom stereocenters. The number of hydrogen-bond acceptors (Lipinski definition) is 1. The van der Waals surface area contributed by atoms with Crippen molar-refractivity contribution in [3.63, 3.8) is 0 Å². The first-order valence-corrected chi connectivity index (χ1v) is 9.91. The zero-order valence-corrected chi connectivity index (χ0v) is 15.7. The first-order chi connectivity index (χ1) is 13.2. The molecule has 1 aliphatic rings. The van der Waals surface area contributed by atoms with Crippen LogP contribution in [0.2, 0.25) is 5.02 Å². The highest BCUT2D eigenvalue weighted by Gasteiger charge is 2.27. The van der Waals surface area contributed by atoms with Crippen molar-refractivity contribution in [3.8, 4) is 5.69 Å². The van der Waals surface area contributed by atoms with Gasteiger partial charge in [0, 0.05) is 34.6 Å². The molecule has 27 heavy (non-hydrogen) atoms. The minimum absolute atomic E-state index is 0.0316. The quantitative estimate of drug-likeness (QED) is 0.385. The number of carbonyl (C=O) groups excluding carboxylic acids is 1. The van der Waals surface area contributed by atoms with Crippen LogP contribution in [0.3, 0.4) is 0 Å². The summed E-state index contributed by atoms with van der Waals surface area (Å²) in [6, 6.07) is 20.8. The van der Waals surface area contributed by atoms with Gasteiger partial charge in [-0.25, -0.2) is 0 Å². The summed E-state index contributed by atoms with van der Waals surface area (Å²) in [4.78, 5) is 12.6. The normalized spacial score (nSPS) is 17.7. The topological polar surface area (TPSA) is 22.0 Å². The number of nitrogens with zero attached hydrogens (tertiary/aromatic N) is 1. The van der Waals surface area contributed by atoms with Crippen LogP contribution in [0.5, 0.6) is 0 Å². The Balaban J connectivity index is 1.69. The molecule has 0 aliphatic heterocycles. The van der Waals surface area contributed by atoms with E-state index in [1.54, 1.807) is 0 Å². The summed E-state index contributed by atoms with van der Waals surface area (Å²) in [6.07, 6.45) is 6.01. The molecule has 1 saturated carbocycles. The molecule has 0 N–H and O–H groups in total. The van der Waals surface area contributed by atoms with Crippen LogP contribution in [0.15, 0.2) is 66.9 Å². The molecule has 2 nitrogen and oxygen atoms in total. The molecule has 0 saturated heterocycles. The average Bonchev–Trinajstić information content (AvgIpc) is 3.07. The Kier molecular flexibility index (Phi) is 4.02. The third kappa shape index (κ3) is 2.85. The second-order valence-electron chi connectivity index (χ2n) is 7.41. The van der Waals surface area contributed by atoms with E-state index >= 15 is 0 Å². The summed E-state index contributed by atoms with van der Waals surface area (Å²) >= 11 is 6.12. The minimum atomic E-state index is 0.0316. The van der Waals surface area contributed by atoms with E-state index in [1.807, 2.05) is 12.1 Å². The number of ketones is 1. The highest BCUT2D eigenvalue weighted by Crippen LogP contribution is 2.37. The van der Waals surface area contributed by atoms with Gasteiger partial charge in [0.05, 0.1) is 5.52 Å². The Labute approximate surface area is 163 Å². The van der Waals surface area contributed by atoms with Crippen LogP contribution in [-0.2, 0) is 4.79 Å². The smallest absolute Gasteiger partial charge is 0.140 e. The molecular weight excluding hydrogens is 354 g/mol. The fraction of sp³-hybridized carbons (Fsp3) is 0.208. The molecule has 1 heterocycles. The van der Waals surface area contributed by atoms with E-state index < -0.39 is 0 Å². The van der Waals surface area contributed by atoms with Crippen LogP contribution < -0.4 is 0 Å². The molecule has 0 spiro atoms. The van der Waals surface area contributed by atoms with E-state index in [0.717, 1.165) is 46.3 Å². The number of rotatable bonds is 2. The molecule has 5 rings (SSSR count). The van der Waals surface area contributed by atoms with Gasteiger partial charge in [-0.15, -0.1) is 0 Å². The maximum atomic E-state index is 12.6. The van der Waals surface area contributed by atoms with Crippen LogP contribution in [0.25, 0.3) is 27.4 Å². The van der Waals surface area contributed by atoms with Crippen molar-refractivity contribution in [2.75, 3.05) is 0 Å². The molecule has 1 unspecified atom stereocenters. The van der Waals surface area contributed by atoms with E-state index in [4.69, 9.17) is 11.6 Å². The number of benzene rings is 3. The van der Waals surface area contributed by atoms with Crippen molar-refractivity contribution < 1.29 is 4.79 Å². The maximum absolute atomic E-state index is 12.6. The van der Waals surface area contributed by atoms with E-state index in [9.17, 15) is 4.79 Å². The number of aromatic nitrogens is 1. The number of hydrogen-bond donors (Lipinski definition) is 0. The van der Waals surface area contributed by atoms with Gasteiger partial charge in [-0.05, 0) is 59.5 Å². The van der Waals surface area contributed by atoms with Crippen molar-refractivity contribution >= 4 is 39.1 Å². The van der Waals surface area contributed by atoms with Crippen LogP contribution >= 0.6 is 11.6 Å². The molecule has 134 valence electrons. The van der Waals surface area contributed by atoms with Crippen LogP contribution in [0.4, 0.5) is 0 Å². The summed E-state index contributed by atoms with van der Waals surface area (Å²) < 4.78 is 2.22. The van der Waals surface area contributed by atoms with Gasteiger partial charge in [0.1, 0.15) is 5.78 Å². The van der Waals surface area contributed by atoms with Crippen LogP contribution in [-0.4, -0.2) is 10.4 Å². The molecule has 0 radical (unpaired) electrons. The first kappa shape index (κ1) is 16.6. The molecule has 3 aromatic carbocycles. The van der Waals surface area contributed by atoms with Crippen LogP contribution in [0, 0.1) is 0 Å². The lowest BCUT2D eigenvalue weighted by molar-refractivity contribution is -0.121. The average molecular weight is 374 g/mol. The van der Waals surface area contributed by atoms with Gasteiger partial charge in [0.2, 0.25) is 0 Å². The monoisotopic (exact) mass is 373 g/mol. The van der Waals surface area contributed by atoms with E-state index in [0.29, 0.717) is 12.2 Å². The molecule has 1 aromatic heterocycles. The predicted octanol–water partition coefficient (Wildman–Crippen LogP) is 6.66. The van der Waals surface area contributed by atoms with Crippen molar-refractivity contribution in [2.24, 2.45) is 0 Å². The van der Waals surface area contributed by atoms with Crippen molar-refractivity contribution in [1.82, 2.24) is 4.57 Å². The minimum Gasteiger partial charge on any atom is -0.316 e. The van der Waals surface area contributed by atoms with E-state index in [-0.39, 0.29) is 5.92 Å². The Bertz CT molecular complexity index is 1170. The van der Waals surface area contributed by atoms with Gasteiger partial charge < -0.3 is 4.57 Å². The summed E-state index contributed by atoms with van der Waals surface area (Å²) in [5, 5.41) is 4.23. The van der Waals surface area contributed by atoms with Gasteiger partial charge in [0.15, 0.2) is 0 Å². The zero-order chi connectivity index (χ0) is 18.4. The molecule has 3 heteroatoms. The summed E-state index contributed by atoms with van der Waals surface area (Å²) in [5.41, 5.74) is 3.43. The Hall–Kier alpha value is -2.58. The third-order valence-corrected chi connectivity index (χ3v) is 5.97. The number of para-hydroxylation sites is 1. The standard InChI is InChI=1S/C24H20ClNO/c25-18-11-9-17-14-19(12-10-16(17)13-18)26-15-22(20-5-1-3-7-23(20)26)21-6-2-4-8-24(21)27/h1,3,5,7,9-15,21H,2,4,6,8H2. The zero-order valence-electron chi connectivity index (χ0n) is 15.0. The molecule has 4 aromatic rings. The lowest BCUT2D eigenvalue weighted by Crippen LogP contribution is -2.16. The van der Waals surface area contributed by atoms with Crippen molar-refractivity contribution in [3.05, 3.63) is 77.4 Å². The Morgan fingerprint density at radius 2 is 1.74 bits per heavy atom. The third-order valence-electron chi connectivity index (χ3n) is 5.74. The first-order valence-electron chi connectivity index (χ1n) is 9.53. The van der Waals surface area contributed by atoms with E-state index in [2.05, 4.69) is 59.3 Å². The predicted molar refractivity (Wildman–Crippen MR) is 112 cm³/mol. The van der Waals surface area contributed by atoms with Gasteiger partial charge in [-0.2, -0.15) is 0 Å². The maximum Gasteiger partial charge on any atom is 0.140 e. The molecule has 1 fully saturated rings. The Morgan fingerprint density at radius 1 is 0.926 bits per heavy atom. The molecule has 0 bridgehead atoms. The molecule has 0 amide bonds. The van der Waals surface area contributed by atoms with Crippen LogP contribution in [0.1, 0.15) is 37.2 Å². The highest BCUT2D eigenvalue weighted by molar-refractivity contribution is 6.31. The summed E-state index contributed by atoms with van der Waals surface area (Å²) in [5.74, 6) is 0.418. The molecule has 1 aliphatic carbocycles.